The number of pyridine rings is 2. The van der Waals surface area contributed by atoms with E-state index in [2.05, 4.69) is 25.6 Å². The molecule has 41 heavy (non-hydrogen) atoms. The minimum atomic E-state index is -0.726. The quantitative estimate of drug-likeness (QED) is 0.199. The fraction of sp³-hybridized carbons (Fsp3) is 0.129. The number of methoxy groups -OCH3 is 1. The van der Waals surface area contributed by atoms with Gasteiger partial charge in [0.25, 0.3) is 11.8 Å². The molecule has 204 valence electrons. The third kappa shape index (κ3) is 4.89. The molecule has 0 saturated carbocycles. The Morgan fingerprint density at radius 2 is 1.85 bits per heavy atom. The van der Waals surface area contributed by atoms with Crippen molar-refractivity contribution in [2.45, 2.75) is 13.3 Å². The van der Waals surface area contributed by atoms with Gasteiger partial charge in [-0.3, -0.25) is 14.6 Å². The summed E-state index contributed by atoms with van der Waals surface area (Å²) in [7, 11) is 1.25. The predicted molar refractivity (Wildman–Crippen MR) is 161 cm³/mol. The second kappa shape index (κ2) is 10.8. The van der Waals surface area contributed by atoms with Gasteiger partial charge in [-0.25, -0.2) is 9.78 Å². The smallest absolute Gasteiger partial charge is 0.357 e. The Bertz CT molecular complexity index is 1980. The van der Waals surface area contributed by atoms with Crippen LogP contribution in [0.1, 0.15) is 44.7 Å². The Hall–Kier alpha value is -5.09. The minimum absolute atomic E-state index is 0.0732. The first-order valence-electron chi connectivity index (χ1n) is 13.0. The standard InChI is InChI=1S/C31H25N5O4S/c1-3-10-33-30(38)25-7-5-20(27(36-25)31(39)40-2)21-15-26-23(28-18(16-34-26)9-12-41-28)14-22(21)29(37)35-19-4-6-24-17(13-19)8-11-32-24/h4-9,11-16,32H,3,10H2,1-2H3,(H,33,38)(H,35,37). The molecule has 0 aliphatic heterocycles. The Labute approximate surface area is 238 Å². The Kier molecular flexibility index (Phi) is 6.90. The number of anilines is 1. The van der Waals surface area contributed by atoms with Crippen molar-refractivity contribution < 1.29 is 19.1 Å². The molecule has 0 bridgehead atoms. The first kappa shape index (κ1) is 26.1. The number of aromatic amines is 1. The van der Waals surface area contributed by atoms with Crippen molar-refractivity contribution in [3.8, 4) is 11.1 Å². The highest BCUT2D eigenvalue weighted by Crippen LogP contribution is 2.35. The number of carbonyl (C=O) groups excluding carboxylic acids is 3. The van der Waals surface area contributed by atoms with E-state index in [0.717, 1.165) is 32.8 Å². The molecule has 0 radical (unpaired) electrons. The van der Waals surface area contributed by atoms with Gasteiger partial charge in [-0.2, -0.15) is 0 Å². The van der Waals surface area contributed by atoms with E-state index in [-0.39, 0.29) is 17.3 Å². The van der Waals surface area contributed by atoms with Crippen LogP contribution in [0.3, 0.4) is 0 Å². The van der Waals surface area contributed by atoms with Crippen LogP contribution in [-0.4, -0.2) is 46.4 Å². The molecule has 2 aromatic carbocycles. The number of fused-ring (bicyclic) bond motifs is 4. The number of nitrogens with zero attached hydrogens (tertiary/aromatic N) is 2. The number of esters is 1. The number of carbonyl (C=O) groups is 3. The number of benzene rings is 2. The number of aromatic nitrogens is 3. The summed E-state index contributed by atoms with van der Waals surface area (Å²) in [6.07, 6.45) is 4.37. The van der Waals surface area contributed by atoms with E-state index in [0.29, 0.717) is 34.4 Å². The van der Waals surface area contributed by atoms with Crippen LogP contribution < -0.4 is 10.6 Å². The molecular weight excluding hydrogens is 538 g/mol. The van der Waals surface area contributed by atoms with E-state index in [9.17, 15) is 14.4 Å². The van der Waals surface area contributed by atoms with Gasteiger partial charge in [-0.15, -0.1) is 11.3 Å². The van der Waals surface area contributed by atoms with Crippen molar-refractivity contribution >= 4 is 66.7 Å². The van der Waals surface area contributed by atoms with Gasteiger partial charge in [-0.1, -0.05) is 6.92 Å². The van der Waals surface area contributed by atoms with Gasteiger partial charge < -0.3 is 20.4 Å². The molecule has 10 heteroatoms. The zero-order valence-electron chi connectivity index (χ0n) is 22.3. The van der Waals surface area contributed by atoms with Crippen LogP contribution in [-0.2, 0) is 4.74 Å². The van der Waals surface area contributed by atoms with E-state index in [4.69, 9.17) is 4.74 Å². The molecule has 0 aliphatic carbocycles. The molecule has 0 aliphatic rings. The minimum Gasteiger partial charge on any atom is -0.464 e. The highest BCUT2D eigenvalue weighted by Gasteiger charge is 2.24. The van der Waals surface area contributed by atoms with Crippen LogP contribution in [0.25, 0.3) is 43.0 Å². The lowest BCUT2D eigenvalue weighted by atomic mass is 9.94. The van der Waals surface area contributed by atoms with Gasteiger partial charge in [0.05, 0.1) is 12.6 Å². The molecule has 0 saturated heterocycles. The largest absolute Gasteiger partial charge is 0.464 e. The normalized spacial score (nSPS) is 11.2. The fourth-order valence-electron chi connectivity index (χ4n) is 4.78. The SMILES string of the molecule is CCCNC(=O)c1ccc(-c2cc3ncc4ccsc4c3cc2C(=O)Nc2ccc3[nH]ccc3c2)c(C(=O)OC)n1. The predicted octanol–water partition coefficient (Wildman–Crippen LogP) is 6.17. The van der Waals surface area contributed by atoms with Crippen LogP contribution in [0.4, 0.5) is 5.69 Å². The van der Waals surface area contributed by atoms with Crippen molar-refractivity contribution in [2.24, 2.45) is 0 Å². The number of nitrogens with one attached hydrogen (secondary N) is 3. The average Bonchev–Trinajstić information content (AvgIpc) is 3.68. The second-order valence-corrected chi connectivity index (χ2v) is 10.4. The molecule has 0 fully saturated rings. The summed E-state index contributed by atoms with van der Waals surface area (Å²) < 4.78 is 6.03. The Balaban J connectivity index is 1.52. The van der Waals surface area contributed by atoms with E-state index in [1.807, 2.05) is 48.8 Å². The molecule has 6 rings (SSSR count). The molecule has 6 aromatic rings. The number of hydrogen-bond donors (Lipinski definition) is 3. The molecule has 0 spiro atoms. The van der Waals surface area contributed by atoms with Crippen molar-refractivity contribution in [2.75, 3.05) is 19.0 Å². The molecule has 0 atom stereocenters. The average molecular weight is 564 g/mol. The van der Waals surface area contributed by atoms with Crippen LogP contribution in [0, 0.1) is 0 Å². The molecule has 2 amide bonds. The van der Waals surface area contributed by atoms with Crippen molar-refractivity contribution in [3.05, 3.63) is 89.3 Å². The van der Waals surface area contributed by atoms with Crippen LogP contribution in [0.15, 0.2) is 72.4 Å². The first-order chi connectivity index (χ1) is 20.0. The van der Waals surface area contributed by atoms with Gasteiger partial charge in [0, 0.05) is 62.1 Å². The van der Waals surface area contributed by atoms with Crippen LogP contribution in [0.5, 0.6) is 0 Å². The lowest BCUT2D eigenvalue weighted by Crippen LogP contribution is -2.26. The maximum Gasteiger partial charge on any atom is 0.357 e. The maximum absolute atomic E-state index is 13.9. The summed E-state index contributed by atoms with van der Waals surface area (Å²) in [5.74, 6) is -1.50. The van der Waals surface area contributed by atoms with Gasteiger partial charge in [0.1, 0.15) is 5.69 Å². The zero-order valence-corrected chi connectivity index (χ0v) is 23.1. The fourth-order valence-corrected chi connectivity index (χ4v) is 5.68. The number of rotatable bonds is 7. The number of ether oxygens (including phenoxy) is 1. The van der Waals surface area contributed by atoms with E-state index in [1.54, 1.807) is 35.7 Å². The van der Waals surface area contributed by atoms with Crippen LogP contribution >= 0.6 is 11.3 Å². The molecule has 0 unspecified atom stereocenters. The van der Waals surface area contributed by atoms with Gasteiger partial charge in [0.15, 0.2) is 5.69 Å². The number of thiophene rings is 1. The van der Waals surface area contributed by atoms with Gasteiger partial charge in [0.2, 0.25) is 0 Å². The molecule has 4 aromatic heterocycles. The lowest BCUT2D eigenvalue weighted by Gasteiger charge is -2.15. The molecule has 9 nitrogen and oxygen atoms in total. The monoisotopic (exact) mass is 563 g/mol. The number of H-pyrrole nitrogens is 1. The van der Waals surface area contributed by atoms with Crippen molar-refractivity contribution in [1.29, 1.82) is 0 Å². The summed E-state index contributed by atoms with van der Waals surface area (Å²) >= 11 is 1.56. The number of hydrogen-bond acceptors (Lipinski definition) is 7. The van der Waals surface area contributed by atoms with E-state index in [1.165, 1.54) is 13.2 Å². The van der Waals surface area contributed by atoms with E-state index >= 15 is 0 Å². The van der Waals surface area contributed by atoms with E-state index < -0.39 is 11.9 Å². The summed E-state index contributed by atoms with van der Waals surface area (Å²) in [5, 5.41) is 10.5. The van der Waals surface area contributed by atoms with Gasteiger partial charge in [-0.05, 0) is 72.0 Å². The Morgan fingerprint density at radius 1 is 0.976 bits per heavy atom. The topological polar surface area (TPSA) is 126 Å². The highest BCUT2D eigenvalue weighted by atomic mass is 32.1. The van der Waals surface area contributed by atoms with Crippen molar-refractivity contribution in [1.82, 2.24) is 20.3 Å². The van der Waals surface area contributed by atoms with Gasteiger partial charge >= 0.3 is 5.97 Å². The molecular formula is C31H25N5O4S. The highest BCUT2D eigenvalue weighted by molar-refractivity contribution is 7.18. The summed E-state index contributed by atoms with van der Waals surface area (Å²) in [6.45, 7) is 2.42. The Morgan fingerprint density at radius 3 is 2.68 bits per heavy atom. The van der Waals surface area contributed by atoms with Crippen LogP contribution in [0.2, 0.25) is 0 Å². The van der Waals surface area contributed by atoms with Crippen molar-refractivity contribution in [3.63, 3.8) is 0 Å². The third-order valence-electron chi connectivity index (χ3n) is 6.81. The number of amides is 2. The lowest BCUT2D eigenvalue weighted by molar-refractivity contribution is 0.0594. The third-order valence-corrected chi connectivity index (χ3v) is 7.77. The zero-order chi connectivity index (χ0) is 28.5. The second-order valence-electron chi connectivity index (χ2n) is 9.45. The molecule has 4 heterocycles. The summed E-state index contributed by atoms with van der Waals surface area (Å²) in [6, 6.07) is 16.2. The summed E-state index contributed by atoms with van der Waals surface area (Å²) in [5.41, 5.74) is 3.35. The maximum atomic E-state index is 13.9. The molecule has 3 N–H and O–H groups in total. The summed E-state index contributed by atoms with van der Waals surface area (Å²) in [4.78, 5) is 51.6. The first-order valence-corrected chi connectivity index (χ1v) is 13.9.